The van der Waals surface area contributed by atoms with E-state index in [2.05, 4.69) is 9.97 Å². The van der Waals surface area contributed by atoms with Crippen molar-refractivity contribution in [1.82, 2.24) is 9.97 Å². The molecule has 1 N–H and O–H groups in total. The highest BCUT2D eigenvalue weighted by Gasteiger charge is 2.19. The predicted octanol–water partition coefficient (Wildman–Crippen LogP) is 3.89. The average molecular weight is 285 g/mol. The lowest BCUT2D eigenvalue weighted by Gasteiger charge is -2.00. The highest BCUT2D eigenvalue weighted by molar-refractivity contribution is 5.88. The molecule has 0 saturated heterocycles. The van der Waals surface area contributed by atoms with Gasteiger partial charge in [0, 0.05) is 6.07 Å². The molecule has 1 heterocycles. The molecule has 21 heavy (non-hydrogen) atoms. The SMILES string of the molecule is Cc1cc([N+](=O)[O-])c(C)c2[nH]c(-c3ccccc3F)nc12. The van der Waals surface area contributed by atoms with Gasteiger partial charge < -0.3 is 4.98 Å². The smallest absolute Gasteiger partial charge is 0.274 e. The summed E-state index contributed by atoms with van der Waals surface area (Å²) in [6.45, 7) is 3.41. The second-order valence-corrected chi connectivity index (χ2v) is 4.88. The van der Waals surface area contributed by atoms with E-state index in [1.807, 2.05) is 0 Å². The second kappa shape index (κ2) is 4.66. The number of fused-ring (bicyclic) bond motifs is 1. The Morgan fingerprint density at radius 3 is 2.67 bits per heavy atom. The maximum atomic E-state index is 13.8. The summed E-state index contributed by atoms with van der Waals surface area (Å²) in [6.07, 6.45) is 0. The Kier molecular flexibility index (Phi) is 2.94. The van der Waals surface area contributed by atoms with Gasteiger partial charge in [0.2, 0.25) is 0 Å². The summed E-state index contributed by atoms with van der Waals surface area (Å²) in [7, 11) is 0. The van der Waals surface area contributed by atoms with Gasteiger partial charge in [0.25, 0.3) is 5.69 Å². The van der Waals surface area contributed by atoms with Gasteiger partial charge in [-0.25, -0.2) is 9.37 Å². The first-order valence-corrected chi connectivity index (χ1v) is 6.38. The summed E-state index contributed by atoms with van der Waals surface area (Å²) >= 11 is 0. The number of nitrogens with one attached hydrogen (secondary N) is 1. The third-order valence-electron chi connectivity index (χ3n) is 3.52. The maximum Gasteiger partial charge on any atom is 0.274 e. The van der Waals surface area contributed by atoms with Crippen LogP contribution in [0.15, 0.2) is 30.3 Å². The summed E-state index contributed by atoms with van der Waals surface area (Å²) in [5, 5.41) is 11.1. The van der Waals surface area contributed by atoms with Crippen LogP contribution < -0.4 is 0 Å². The first-order valence-electron chi connectivity index (χ1n) is 6.38. The topological polar surface area (TPSA) is 71.8 Å². The number of nitrogens with zero attached hydrogens (tertiary/aromatic N) is 2. The minimum atomic E-state index is -0.425. The minimum absolute atomic E-state index is 0.0312. The Labute approximate surface area is 119 Å². The number of aryl methyl sites for hydroxylation is 2. The quantitative estimate of drug-likeness (QED) is 0.573. The normalized spacial score (nSPS) is 11.0. The van der Waals surface area contributed by atoms with Gasteiger partial charge in [-0.05, 0) is 31.5 Å². The monoisotopic (exact) mass is 285 g/mol. The molecular weight excluding hydrogens is 273 g/mol. The van der Waals surface area contributed by atoms with E-state index in [0.29, 0.717) is 33.5 Å². The van der Waals surface area contributed by atoms with E-state index in [0.717, 1.165) is 0 Å². The number of halogens is 1. The summed E-state index contributed by atoms with van der Waals surface area (Å²) in [5.74, 6) is -0.0174. The first kappa shape index (κ1) is 13.2. The van der Waals surface area contributed by atoms with E-state index in [9.17, 15) is 14.5 Å². The van der Waals surface area contributed by atoms with Crippen LogP contribution in [0.3, 0.4) is 0 Å². The Hall–Kier alpha value is -2.76. The van der Waals surface area contributed by atoms with Crippen LogP contribution in [0.2, 0.25) is 0 Å². The number of rotatable bonds is 2. The molecule has 0 amide bonds. The third-order valence-corrected chi connectivity index (χ3v) is 3.52. The number of hydrogen-bond acceptors (Lipinski definition) is 3. The molecule has 0 radical (unpaired) electrons. The molecule has 0 unspecified atom stereocenters. The molecule has 106 valence electrons. The third kappa shape index (κ3) is 2.05. The highest BCUT2D eigenvalue weighted by Crippen LogP contribution is 2.31. The Balaban J connectivity index is 2.30. The number of H-pyrrole nitrogens is 1. The fraction of sp³-hybridized carbons (Fsp3) is 0.133. The second-order valence-electron chi connectivity index (χ2n) is 4.88. The molecule has 1 aromatic heterocycles. The lowest BCUT2D eigenvalue weighted by Crippen LogP contribution is -1.94. The number of nitro groups is 1. The zero-order valence-corrected chi connectivity index (χ0v) is 11.5. The zero-order valence-electron chi connectivity index (χ0n) is 11.5. The van der Waals surface area contributed by atoms with E-state index in [4.69, 9.17) is 0 Å². The zero-order chi connectivity index (χ0) is 15.1. The van der Waals surface area contributed by atoms with Crippen LogP contribution in [0.25, 0.3) is 22.4 Å². The van der Waals surface area contributed by atoms with Crippen LogP contribution in [-0.4, -0.2) is 14.9 Å². The molecule has 6 heteroatoms. The fourth-order valence-corrected chi connectivity index (χ4v) is 2.41. The Morgan fingerprint density at radius 1 is 1.29 bits per heavy atom. The van der Waals surface area contributed by atoms with Crippen molar-refractivity contribution >= 4 is 16.7 Å². The van der Waals surface area contributed by atoms with Crippen molar-refractivity contribution in [3.05, 3.63) is 57.4 Å². The Morgan fingerprint density at radius 2 is 2.00 bits per heavy atom. The van der Waals surface area contributed by atoms with Crippen LogP contribution in [0, 0.1) is 29.8 Å². The van der Waals surface area contributed by atoms with E-state index >= 15 is 0 Å². The number of benzene rings is 2. The molecule has 0 aliphatic heterocycles. The minimum Gasteiger partial charge on any atom is -0.337 e. The van der Waals surface area contributed by atoms with E-state index in [1.54, 1.807) is 32.0 Å². The summed E-state index contributed by atoms with van der Waals surface area (Å²) in [6, 6.07) is 7.77. The lowest BCUT2D eigenvalue weighted by molar-refractivity contribution is -0.385. The standard InChI is InChI=1S/C15H12FN3O2/c1-8-7-12(19(20)21)9(2)14-13(8)17-15(18-14)10-5-3-4-6-11(10)16/h3-7H,1-2H3,(H,17,18). The van der Waals surface area contributed by atoms with Crippen molar-refractivity contribution in [1.29, 1.82) is 0 Å². The van der Waals surface area contributed by atoms with Crippen LogP contribution in [0.4, 0.5) is 10.1 Å². The molecule has 0 spiro atoms. The highest BCUT2D eigenvalue weighted by atomic mass is 19.1. The van der Waals surface area contributed by atoms with Crippen molar-refractivity contribution in [2.24, 2.45) is 0 Å². The number of aromatic nitrogens is 2. The Bertz CT molecular complexity index is 871. The largest absolute Gasteiger partial charge is 0.337 e. The molecule has 3 aromatic rings. The molecule has 0 bridgehead atoms. The molecule has 5 nitrogen and oxygen atoms in total. The fourth-order valence-electron chi connectivity index (χ4n) is 2.41. The van der Waals surface area contributed by atoms with Gasteiger partial charge in [-0.1, -0.05) is 12.1 Å². The number of hydrogen-bond donors (Lipinski definition) is 1. The summed E-state index contributed by atoms with van der Waals surface area (Å²) < 4.78 is 13.8. The van der Waals surface area contributed by atoms with E-state index < -0.39 is 4.92 Å². The van der Waals surface area contributed by atoms with Crippen LogP contribution in [0.5, 0.6) is 0 Å². The van der Waals surface area contributed by atoms with Crippen molar-refractivity contribution in [3.63, 3.8) is 0 Å². The van der Waals surface area contributed by atoms with Crippen LogP contribution in [-0.2, 0) is 0 Å². The molecule has 0 saturated carbocycles. The van der Waals surface area contributed by atoms with Gasteiger partial charge in [0.15, 0.2) is 0 Å². The van der Waals surface area contributed by atoms with Crippen molar-refractivity contribution in [3.8, 4) is 11.4 Å². The predicted molar refractivity (Wildman–Crippen MR) is 77.6 cm³/mol. The molecule has 0 fully saturated rings. The molecular formula is C15H12FN3O2. The number of aromatic amines is 1. The van der Waals surface area contributed by atoms with Crippen molar-refractivity contribution in [2.75, 3.05) is 0 Å². The van der Waals surface area contributed by atoms with Gasteiger partial charge >= 0.3 is 0 Å². The van der Waals surface area contributed by atoms with Gasteiger partial charge in [-0.15, -0.1) is 0 Å². The average Bonchev–Trinajstić information content (AvgIpc) is 2.89. The van der Waals surface area contributed by atoms with Crippen molar-refractivity contribution < 1.29 is 9.31 Å². The molecule has 0 aliphatic rings. The molecule has 0 atom stereocenters. The van der Waals surface area contributed by atoms with Crippen molar-refractivity contribution in [2.45, 2.75) is 13.8 Å². The van der Waals surface area contributed by atoms with E-state index in [-0.39, 0.29) is 11.5 Å². The van der Waals surface area contributed by atoms with Gasteiger partial charge in [0.05, 0.1) is 27.1 Å². The lowest BCUT2D eigenvalue weighted by atomic mass is 10.1. The van der Waals surface area contributed by atoms with Gasteiger partial charge in [0.1, 0.15) is 11.6 Å². The first-order chi connectivity index (χ1) is 9.99. The molecule has 0 aliphatic carbocycles. The van der Waals surface area contributed by atoms with E-state index in [1.165, 1.54) is 12.1 Å². The number of imidazole rings is 1. The van der Waals surface area contributed by atoms with Gasteiger partial charge in [-0.3, -0.25) is 10.1 Å². The van der Waals surface area contributed by atoms with Crippen LogP contribution >= 0.6 is 0 Å². The molecule has 2 aromatic carbocycles. The van der Waals surface area contributed by atoms with Crippen LogP contribution in [0.1, 0.15) is 11.1 Å². The summed E-state index contributed by atoms with van der Waals surface area (Å²) in [4.78, 5) is 18.0. The van der Waals surface area contributed by atoms with Gasteiger partial charge in [-0.2, -0.15) is 0 Å². The maximum absolute atomic E-state index is 13.8. The number of nitro benzene ring substituents is 1. The summed E-state index contributed by atoms with van der Waals surface area (Å²) in [5.41, 5.74) is 2.74. The molecule has 3 rings (SSSR count).